The fraction of sp³-hybridized carbons (Fsp3) is 0.259. The Morgan fingerprint density at radius 3 is 2.59 bits per heavy atom. The summed E-state index contributed by atoms with van der Waals surface area (Å²) in [6.45, 7) is 3.99. The molecule has 0 saturated carbocycles. The highest BCUT2D eigenvalue weighted by molar-refractivity contribution is 5.98. The maximum absolute atomic E-state index is 14.1. The first-order valence-corrected chi connectivity index (χ1v) is 11.2. The number of rotatable bonds is 9. The third-order valence-electron chi connectivity index (χ3n) is 5.72. The van der Waals surface area contributed by atoms with Gasteiger partial charge in [0.05, 0.1) is 5.52 Å². The van der Waals surface area contributed by atoms with Crippen LogP contribution in [0.3, 0.4) is 0 Å². The van der Waals surface area contributed by atoms with Crippen molar-refractivity contribution in [2.45, 2.75) is 32.7 Å². The Balaban J connectivity index is 1.77. The Morgan fingerprint density at radius 1 is 1.15 bits per heavy atom. The number of halogens is 2. The van der Waals surface area contributed by atoms with Crippen molar-refractivity contribution < 1.29 is 18.4 Å². The lowest BCUT2D eigenvalue weighted by atomic mass is 10.0. The predicted molar refractivity (Wildman–Crippen MR) is 130 cm³/mol. The lowest BCUT2D eigenvalue weighted by Gasteiger charge is -2.28. The summed E-state index contributed by atoms with van der Waals surface area (Å²) in [5.74, 6) is -1.96. The van der Waals surface area contributed by atoms with E-state index in [-0.39, 0.29) is 29.1 Å². The third kappa shape index (κ3) is 6.19. The van der Waals surface area contributed by atoms with Gasteiger partial charge in [0.1, 0.15) is 17.3 Å². The maximum Gasteiger partial charge on any atom is 0.270 e. The quantitative estimate of drug-likeness (QED) is 0.339. The molecule has 34 heavy (non-hydrogen) atoms. The van der Waals surface area contributed by atoms with E-state index in [4.69, 9.17) is 0 Å². The molecule has 0 fully saturated rings. The number of H-pyrrole nitrogens is 1. The number of aromatic nitrogens is 1. The van der Waals surface area contributed by atoms with Crippen LogP contribution in [0.15, 0.2) is 72.3 Å². The molecule has 0 radical (unpaired) electrons. The van der Waals surface area contributed by atoms with Crippen LogP contribution >= 0.6 is 0 Å². The Kier molecular flexibility index (Phi) is 8.35. The molecule has 3 rings (SSSR count). The topological polar surface area (TPSA) is 65.2 Å². The van der Waals surface area contributed by atoms with Crippen molar-refractivity contribution in [3.8, 4) is 0 Å². The second kappa shape index (κ2) is 11.4. The molecule has 0 bridgehead atoms. The molecule has 0 spiro atoms. The summed E-state index contributed by atoms with van der Waals surface area (Å²) in [5, 5.41) is 3.19. The van der Waals surface area contributed by atoms with Crippen LogP contribution in [0, 0.1) is 11.6 Å². The number of hydrogen-bond acceptors (Lipinski definition) is 2. The first-order valence-electron chi connectivity index (χ1n) is 11.2. The van der Waals surface area contributed by atoms with Crippen molar-refractivity contribution in [3.05, 3.63) is 95.2 Å². The minimum absolute atomic E-state index is 0.0911. The van der Waals surface area contributed by atoms with Crippen molar-refractivity contribution in [2.75, 3.05) is 13.6 Å². The molecule has 0 aliphatic heterocycles. The Bertz CT molecular complexity index is 1220. The molecule has 0 aliphatic rings. The van der Waals surface area contributed by atoms with E-state index < -0.39 is 11.6 Å². The molecule has 178 valence electrons. The van der Waals surface area contributed by atoms with E-state index in [1.165, 1.54) is 12.1 Å². The van der Waals surface area contributed by atoms with Gasteiger partial charge in [-0.05, 0) is 44.4 Å². The molecule has 5 nitrogen and oxygen atoms in total. The van der Waals surface area contributed by atoms with Gasteiger partial charge in [-0.25, -0.2) is 8.78 Å². The zero-order valence-corrected chi connectivity index (χ0v) is 19.6. The fourth-order valence-corrected chi connectivity index (χ4v) is 3.76. The van der Waals surface area contributed by atoms with E-state index in [1.54, 1.807) is 31.0 Å². The van der Waals surface area contributed by atoms with Gasteiger partial charge in [0.2, 0.25) is 5.91 Å². The van der Waals surface area contributed by atoms with E-state index >= 15 is 0 Å². The number of carbonyl (C=O) groups is 2. The summed E-state index contributed by atoms with van der Waals surface area (Å²) in [6, 6.07) is 12.9. The van der Waals surface area contributed by atoms with Gasteiger partial charge in [-0.3, -0.25) is 9.59 Å². The zero-order chi connectivity index (χ0) is 24.7. The van der Waals surface area contributed by atoms with E-state index in [9.17, 15) is 18.4 Å². The first-order chi connectivity index (χ1) is 16.3. The van der Waals surface area contributed by atoms with Gasteiger partial charge < -0.3 is 15.2 Å². The van der Waals surface area contributed by atoms with Crippen LogP contribution in [0.4, 0.5) is 8.78 Å². The molecular weight excluding hydrogens is 436 g/mol. The second-order valence-corrected chi connectivity index (χ2v) is 8.21. The third-order valence-corrected chi connectivity index (χ3v) is 5.72. The maximum atomic E-state index is 14.1. The summed E-state index contributed by atoms with van der Waals surface area (Å²) in [6.07, 6.45) is 6.48. The number of fused-ring (bicyclic) bond motifs is 1. The fourth-order valence-electron chi connectivity index (χ4n) is 3.76. The van der Waals surface area contributed by atoms with Gasteiger partial charge in [-0.1, -0.05) is 48.6 Å². The van der Waals surface area contributed by atoms with Crippen molar-refractivity contribution in [2.24, 2.45) is 0 Å². The van der Waals surface area contributed by atoms with Crippen molar-refractivity contribution in [1.29, 1.82) is 0 Å². The zero-order valence-electron chi connectivity index (χ0n) is 19.6. The highest BCUT2D eigenvalue weighted by atomic mass is 19.1. The van der Waals surface area contributed by atoms with Crippen LogP contribution in [0.1, 0.15) is 36.3 Å². The molecule has 0 aliphatic carbocycles. The van der Waals surface area contributed by atoms with Crippen LogP contribution in [-0.4, -0.2) is 41.3 Å². The summed E-state index contributed by atoms with van der Waals surface area (Å²) in [7, 11) is 1.68. The van der Waals surface area contributed by atoms with Crippen LogP contribution in [0.25, 0.3) is 10.9 Å². The highest BCUT2D eigenvalue weighted by Gasteiger charge is 2.24. The molecule has 3 aromatic rings. The standard InChI is InChI=1S/C27H29F2N3O2/c1-4-5-9-18(2)26(33)30-13-12-22(14-19-10-7-6-8-11-19)32(3)27(34)24-16-20-15-21(28)17-23(29)25(20)31-24/h4-11,15-17,22,31H,12-14H2,1-3H3,(H,30,33)/b5-4-,18-9+/t22-/m1/s1. The lowest BCUT2D eigenvalue weighted by molar-refractivity contribution is -0.117. The monoisotopic (exact) mass is 465 g/mol. The van der Waals surface area contributed by atoms with E-state index in [1.807, 2.05) is 43.3 Å². The molecule has 7 heteroatoms. The largest absolute Gasteiger partial charge is 0.352 e. The summed E-state index contributed by atoms with van der Waals surface area (Å²) < 4.78 is 27.7. The second-order valence-electron chi connectivity index (χ2n) is 8.21. The Labute approximate surface area is 198 Å². The van der Waals surface area contributed by atoms with Gasteiger partial charge in [-0.2, -0.15) is 0 Å². The van der Waals surface area contributed by atoms with E-state index in [2.05, 4.69) is 10.3 Å². The number of likely N-dealkylation sites (N-methyl/N-ethyl adjacent to an activating group) is 1. The molecular formula is C27H29F2N3O2. The minimum Gasteiger partial charge on any atom is -0.352 e. The number of amides is 2. The molecule has 0 unspecified atom stereocenters. The number of nitrogens with zero attached hydrogens (tertiary/aromatic N) is 1. The molecule has 2 N–H and O–H groups in total. The van der Waals surface area contributed by atoms with Gasteiger partial charge in [0.15, 0.2) is 0 Å². The number of allylic oxidation sites excluding steroid dienone is 3. The average Bonchev–Trinajstić information content (AvgIpc) is 3.26. The van der Waals surface area contributed by atoms with E-state index in [0.29, 0.717) is 30.3 Å². The van der Waals surface area contributed by atoms with Gasteiger partial charge in [-0.15, -0.1) is 0 Å². The van der Waals surface area contributed by atoms with Gasteiger partial charge in [0.25, 0.3) is 5.91 Å². The number of nitrogens with one attached hydrogen (secondary N) is 2. The Hall–Kier alpha value is -3.74. The average molecular weight is 466 g/mol. The van der Waals surface area contributed by atoms with Crippen molar-refractivity contribution in [1.82, 2.24) is 15.2 Å². The minimum atomic E-state index is -0.749. The summed E-state index contributed by atoms with van der Waals surface area (Å²) >= 11 is 0. The molecule has 0 saturated heterocycles. The van der Waals surface area contributed by atoms with E-state index in [0.717, 1.165) is 11.6 Å². The molecule has 1 aromatic heterocycles. The molecule has 1 heterocycles. The highest BCUT2D eigenvalue weighted by Crippen LogP contribution is 2.22. The smallest absolute Gasteiger partial charge is 0.270 e. The number of benzene rings is 2. The first kappa shape index (κ1) is 24.9. The number of aromatic amines is 1. The molecule has 2 aromatic carbocycles. The molecule has 2 amide bonds. The van der Waals surface area contributed by atoms with Crippen molar-refractivity contribution >= 4 is 22.7 Å². The Morgan fingerprint density at radius 2 is 1.88 bits per heavy atom. The van der Waals surface area contributed by atoms with Gasteiger partial charge >= 0.3 is 0 Å². The lowest BCUT2D eigenvalue weighted by Crippen LogP contribution is -2.41. The van der Waals surface area contributed by atoms with Crippen molar-refractivity contribution in [3.63, 3.8) is 0 Å². The number of carbonyl (C=O) groups excluding carboxylic acids is 2. The number of hydrogen-bond donors (Lipinski definition) is 2. The molecule has 1 atom stereocenters. The summed E-state index contributed by atoms with van der Waals surface area (Å²) in [4.78, 5) is 29.9. The van der Waals surface area contributed by atoms with Crippen LogP contribution in [0.5, 0.6) is 0 Å². The van der Waals surface area contributed by atoms with Crippen LogP contribution in [0.2, 0.25) is 0 Å². The summed E-state index contributed by atoms with van der Waals surface area (Å²) in [5.41, 5.74) is 1.91. The normalized spacial score (nSPS) is 12.8. The SMILES string of the molecule is C/C=C\C=C(/C)C(=O)NCC[C@H](Cc1ccccc1)N(C)C(=O)c1cc2cc(F)cc(F)c2[nH]1. The van der Waals surface area contributed by atoms with Gasteiger partial charge in [0, 0.05) is 36.7 Å². The van der Waals surface area contributed by atoms with Crippen LogP contribution in [-0.2, 0) is 11.2 Å². The predicted octanol–water partition coefficient (Wildman–Crippen LogP) is 5.16. The van der Waals surface area contributed by atoms with Crippen LogP contribution < -0.4 is 5.32 Å².